The van der Waals surface area contributed by atoms with E-state index >= 15 is 8.78 Å². The zero-order valence-corrected chi connectivity index (χ0v) is 41.5. The summed E-state index contributed by atoms with van der Waals surface area (Å²) in [6.07, 6.45) is 7.26. The first-order valence-corrected chi connectivity index (χ1v) is 24.5. The van der Waals surface area contributed by atoms with Crippen LogP contribution in [0.5, 0.6) is 0 Å². The Morgan fingerprint density at radius 1 is 0.618 bits per heavy atom. The molecule has 20 nitrogen and oxygen atoms in total. The number of hydrazine groups is 2. The number of nitrogens with one attached hydrogen (secondary N) is 6. The van der Waals surface area contributed by atoms with Gasteiger partial charge in [-0.1, -0.05) is 79.1 Å². The Kier molecular flexibility index (Phi) is 20.5. The molecule has 8 N–H and O–H groups in total. The second-order valence-electron chi connectivity index (χ2n) is 19.2. The van der Waals surface area contributed by atoms with Gasteiger partial charge in [-0.2, -0.15) is 28.7 Å². The number of aromatic nitrogens is 4. The highest BCUT2D eigenvalue weighted by Gasteiger charge is 2.33. The van der Waals surface area contributed by atoms with Gasteiger partial charge in [0.2, 0.25) is 34.0 Å². The van der Waals surface area contributed by atoms with Crippen molar-refractivity contribution in [3.05, 3.63) is 22.2 Å². The first-order valence-electron chi connectivity index (χ1n) is 23.7. The molecule has 68 heavy (non-hydrogen) atoms. The van der Waals surface area contributed by atoms with Gasteiger partial charge in [0, 0.05) is 64.4 Å². The van der Waals surface area contributed by atoms with E-state index in [1.807, 2.05) is 9.80 Å². The first kappa shape index (κ1) is 54.1. The van der Waals surface area contributed by atoms with Crippen molar-refractivity contribution in [2.24, 2.45) is 35.5 Å². The van der Waals surface area contributed by atoms with Gasteiger partial charge in [-0.25, -0.2) is 9.59 Å². The molecule has 380 valence electrons. The third-order valence-electron chi connectivity index (χ3n) is 13.7. The molecule has 2 aromatic heterocycles. The number of likely N-dealkylation sites (N-methyl/N-ethyl adjacent to an activating group) is 2. The zero-order valence-electron chi connectivity index (χ0n) is 40.0. The molecule has 4 fully saturated rings. The molecule has 2 saturated carbocycles. The molecule has 0 radical (unpaired) electrons. The Morgan fingerprint density at radius 3 is 1.29 bits per heavy atom. The highest BCUT2D eigenvalue weighted by atomic mass is 35.5. The van der Waals surface area contributed by atoms with Gasteiger partial charge in [-0.15, -0.1) is 0 Å². The Hall–Kier alpha value is -4.80. The molecule has 2 saturated heterocycles. The molecule has 0 bridgehead atoms. The number of carbonyl (C=O) groups is 4. The van der Waals surface area contributed by atoms with E-state index in [-0.39, 0.29) is 59.0 Å². The van der Waals surface area contributed by atoms with Crippen LogP contribution in [0.3, 0.4) is 0 Å². The summed E-state index contributed by atoms with van der Waals surface area (Å²) in [6.45, 7) is 12.3. The van der Waals surface area contributed by atoms with Gasteiger partial charge in [0.15, 0.2) is 23.3 Å². The second-order valence-corrected chi connectivity index (χ2v) is 19.9. The lowest BCUT2D eigenvalue weighted by atomic mass is 9.92. The van der Waals surface area contributed by atoms with Crippen molar-refractivity contribution < 1.29 is 38.2 Å². The predicted octanol–water partition coefficient (Wildman–Crippen LogP) is 5.91. The van der Waals surface area contributed by atoms with Crippen LogP contribution in [0, 0.1) is 47.1 Å². The summed E-state index contributed by atoms with van der Waals surface area (Å²) in [5.74, 6) is -2.23. The van der Waals surface area contributed by atoms with Crippen molar-refractivity contribution in [1.82, 2.24) is 51.2 Å². The molecule has 4 atom stereocenters. The Labute approximate surface area is 407 Å². The van der Waals surface area contributed by atoms with Crippen LogP contribution in [0.15, 0.2) is 0 Å². The van der Waals surface area contributed by atoms with Gasteiger partial charge in [-0.05, 0) is 73.8 Å². The lowest BCUT2D eigenvalue weighted by molar-refractivity contribution is -0.125. The first-order chi connectivity index (χ1) is 32.3. The van der Waals surface area contributed by atoms with E-state index in [0.29, 0.717) is 62.7 Å². The topological polar surface area (TPSA) is 245 Å². The average molecular weight is 1000 g/mol. The van der Waals surface area contributed by atoms with E-state index in [9.17, 15) is 19.2 Å². The quantitative estimate of drug-likeness (QED) is 0.0640. The average Bonchev–Trinajstić information content (AvgIpc) is 4.02. The van der Waals surface area contributed by atoms with Gasteiger partial charge in [0.05, 0.1) is 11.8 Å². The van der Waals surface area contributed by atoms with E-state index < -0.39 is 47.5 Å². The van der Waals surface area contributed by atoms with Crippen molar-refractivity contribution in [2.75, 3.05) is 87.1 Å². The number of nitrogens with zero attached hydrogens (tertiary/aromatic N) is 8. The summed E-state index contributed by atoms with van der Waals surface area (Å²) in [5, 5.41) is 22.2. The van der Waals surface area contributed by atoms with E-state index in [1.54, 1.807) is 0 Å². The van der Waals surface area contributed by atoms with E-state index in [2.05, 4.69) is 104 Å². The normalized spacial score (nSPS) is 20.4. The number of hydrogen-bond donors (Lipinski definition) is 8. The summed E-state index contributed by atoms with van der Waals surface area (Å²) in [5.41, 5.74) is 10.1. The number of anilines is 4. The van der Waals surface area contributed by atoms with Crippen LogP contribution < -0.4 is 42.1 Å². The molecule has 0 aromatic carbocycles. The number of hydrogen-bond acceptors (Lipinski definition) is 14. The molecule has 2 aromatic rings. The van der Waals surface area contributed by atoms with Gasteiger partial charge in [0.25, 0.3) is 0 Å². The zero-order chi connectivity index (χ0) is 49.7. The van der Waals surface area contributed by atoms with Crippen LogP contribution in [0.2, 0.25) is 10.6 Å². The van der Waals surface area contributed by atoms with Crippen LogP contribution in [0.4, 0.5) is 41.6 Å². The summed E-state index contributed by atoms with van der Waals surface area (Å²) in [6, 6.07) is 0.465. The van der Waals surface area contributed by atoms with E-state index in [1.165, 1.54) is 0 Å². The van der Waals surface area contributed by atoms with Gasteiger partial charge >= 0.3 is 12.2 Å². The van der Waals surface area contributed by atoms with E-state index in [0.717, 1.165) is 64.5 Å². The van der Waals surface area contributed by atoms with Crippen LogP contribution in [0.1, 0.15) is 91.9 Å². The largest absolute Gasteiger partial charge is 0.465 e. The van der Waals surface area contributed by atoms with Gasteiger partial charge < -0.3 is 30.6 Å². The number of amides is 4. The highest BCUT2D eigenvalue weighted by molar-refractivity contribution is 6.28. The molecular formula is C44H70Cl2F2N14O6. The third kappa shape index (κ3) is 15.6. The SMILES string of the molecule is CC(C)[C@H]1CN(c2nc(Cl)nc(NNC(=O)[C@@H](CNC(=O)O)CC3CCCC3)c2F)CCN1C.CC(C)[C@H]1CN(c2nc(Cl)nc(NNC(=O)[C@@H](CNC(=O)O)CC3CCCC3)c2F)CCN1C. The van der Waals surface area contributed by atoms with Gasteiger partial charge in [-0.3, -0.25) is 41.1 Å². The number of piperazine rings is 2. The maximum atomic E-state index is 15.4. The maximum absolute atomic E-state index is 15.4. The molecule has 0 unspecified atom stereocenters. The predicted molar refractivity (Wildman–Crippen MR) is 257 cm³/mol. The van der Waals surface area contributed by atoms with Crippen LogP contribution >= 0.6 is 23.2 Å². The molecule has 4 aliphatic rings. The molecule has 4 amide bonds. The molecule has 4 heterocycles. The number of carbonyl (C=O) groups excluding carboxylic acids is 2. The summed E-state index contributed by atoms with van der Waals surface area (Å²) < 4.78 is 30.7. The molecular weight excluding hydrogens is 929 g/mol. The van der Waals surface area contributed by atoms with Crippen LogP contribution in [-0.2, 0) is 9.59 Å². The minimum absolute atomic E-state index is 0.0184. The Bertz CT molecular complexity index is 1880. The van der Waals surface area contributed by atoms with Crippen molar-refractivity contribution >= 4 is 70.5 Å². The maximum Gasteiger partial charge on any atom is 0.404 e. The third-order valence-corrected chi connectivity index (χ3v) is 14.0. The van der Waals surface area contributed by atoms with Crippen LogP contribution in [-0.4, -0.2) is 142 Å². The highest BCUT2D eigenvalue weighted by Crippen LogP contribution is 2.33. The molecule has 24 heteroatoms. The number of carboxylic acid groups (broad SMARTS) is 2. The van der Waals surface area contributed by atoms with Crippen molar-refractivity contribution in [1.29, 1.82) is 0 Å². The molecule has 6 rings (SSSR count). The smallest absolute Gasteiger partial charge is 0.404 e. The lowest BCUT2D eigenvalue weighted by Gasteiger charge is -2.42. The molecule has 2 aliphatic heterocycles. The number of halogens is 4. The summed E-state index contributed by atoms with van der Waals surface area (Å²) in [4.78, 5) is 71.8. The van der Waals surface area contributed by atoms with E-state index in [4.69, 9.17) is 33.4 Å². The van der Waals surface area contributed by atoms with Crippen molar-refractivity contribution in [3.8, 4) is 0 Å². The monoisotopic (exact) mass is 998 g/mol. The fraction of sp³-hybridized carbons (Fsp3) is 0.727. The number of rotatable bonds is 18. The summed E-state index contributed by atoms with van der Waals surface area (Å²) in [7, 11) is 4.10. The summed E-state index contributed by atoms with van der Waals surface area (Å²) >= 11 is 12.2. The molecule has 0 spiro atoms. The van der Waals surface area contributed by atoms with Crippen molar-refractivity contribution in [3.63, 3.8) is 0 Å². The fourth-order valence-electron chi connectivity index (χ4n) is 9.76. The minimum Gasteiger partial charge on any atom is -0.465 e. The van der Waals surface area contributed by atoms with Gasteiger partial charge in [0.1, 0.15) is 0 Å². The Balaban J connectivity index is 0.000000254. The fourth-order valence-corrected chi connectivity index (χ4v) is 10.1. The molecule has 2 aliphatic carbocycles. The lowest BCUT2D eigenvalue weighted by Crippen LogP contribution is -2.54. The van der Waals surface area contributed by atoms with Crippen LogP contribution in [0.25, 0.3) is 0 Å². The standard InChI is InChI=1S/2C22H35ClFN7O3/c2*1-13(2)16-12-31(9-8-30(16)3)19-17(24)18(26-21(23)27-19)28-29-20(32)15(11-25-22(33)34)10-14-6-4-5-7-14/h2*13-16,25H,4-12H2,1-3H3,(H,29,32)(H,33,34)(H,26,27,28)/t2*15-,16-/m11/s1. The van der Waals surface area contributed by atoms with Crippen molar-refractivity contribution in [2.45, 2.75) is 104 Å². The minimum atomic E-state index is -1.19. The Morgan fingerprint density at radius 2 is 0.971 bits per heavy atom. The second kappa shape index (κ2) is 25.7.